The molecule has 0 aliphatic heterocycles. The number of carbonyl (C=O) groups excluding carboxylic acids is 1. The fraction of sp³-hybridized carbons (Fsp3) is 0.333. The summed E-state index contributed by atoms with van der Waals surface area (Å²) in [5.74, 6) is 2.51. The van der Waals surface area contributed by atoms with Crippen molar-refractivity contribution < 1.29 is 14.1 Å². The number of nitrogens with zero attached hydrogens (tertiary/aromatic N) is 4. The van der Waals surface area contributed by atoms with Crippen LogP contribution in [0.4, 0.5) is 5.82 Å². The Hall–Kier alpha value is -3.27. The number of hydrogen-bond acceptors (Lipinski definition) is 6. The van der Waals surface area contributed by atoms with Gasteiger partial charge in [-0.15, -0.1) is 0 Å². The molecule has 0 saturated heterocycles. The molecule has 0 aliphatic carbocycles. The van der Waals surface area contributed by atoms with E-state index in [1.54, 1.807) is 31.1 Å². The number of benzene rings is 1. The molecule has 9 nitrogen and oxygen atoms in total. The molecular weight excluding hydrogens is 414 g/mol. The molecule has 0 spiro atoms. The van der Waals surface area contributed by atoms with Crippen molar-refractivity contribution in [1.29, 1.82) is 0 Å². The third-order valence-electron chi connectivity index (χ3n) is 5.26. The lowest BCUT2D eigenvalue weighted by atomic mass is 10.3. The molecule has 10 heteroatoms. The van der Waals surface area contributed by atoms with E-state index < -0.39 is 0 Å². The first-order valence-corrected chi connectivity index (χ1v) is 11.4. The maximum absolute atomic E-state index is 12.9. The molecule has 0 bridgehead atoms. The number of aromatic nitrogens is 5. The number of ether oxygens (including phenoxy) is 1. The first-order valence-electron chi connectivity index (χ1n) is 10.0. The SMILES string of the molecule is CCn1c(CNC(=O)c2nc3cc[nH]c3nc2N)[n+](CCSC)c2ccc(OC)cc21. The van der Waals surface area contributed by atoms with Gasteiger partial charge >= 0.3 is 0 Å². The smallest absolute Gasteiger partial charge is 0.277 e. The first kappa shape index (κ1) is 21.0. The molecule has 0 aliphatic rings. The number of aryl methyl sites for hydroxylation is 2. The molecule has 0 unspecified atom stereocenters. The van der Waals surface area contributed by atoms with Crippen LogP contribution in [-0.2, 0) is 19.6 Å². The van der Waals surface area contributed by atoms with Crippen molar-refractivity contribution in [3.8, 4) is 5.75 Å². The van der Waals surface area contributed by atoms with Gasteiger partial charge in [0.15, 0.2) is 28.2 Å². The summed E-state index contributed by atoms with van der Waals surface area (Å²) in [6.45, 7) is 4.02. The Bertz CT molecular complexity index is 1250. The van der Waals surface area contributed by atoms with Gasteiger partial charge in [0, 0.05) is 18.0 Å². The van der Waals surface area contributed by atoms with Gasteiger partial charge < -0.3 is 20.8 Å². The second-order valence-electron chi connectivity index (χ2n) is 7.01. The molecule has 4 aromatic rings. The Morgan fingerprint density at radius 1 is 1.35 bits per heavy atom. The normalized spacial score (nSPS) is 11.3. The highest BCUT2D eigenvalue weighted by molar-refractivity contribution is 7.98. The summed E-state index contributed by atoms with van der Waals surface area (Å²) in [4.78, 5) is 24.4. The highest BCUT2D eigenvalue weighted by Gasteiger charge is 2.25. The summed E-state index contributed by atoms with van der Waals surface area (Å²) in [5.41, 5.74) is 9.44. The van der Waals surface area contributed by atoms with Gasteiger partial charge in [0.2, 0.25) is 0 Å². The van der Waals surface area contributed by atoms with Gasteiger partial charge in [0.05, 0.1) is 20.2 Å². The first-order chi connectivity index (χ1) is 15.1. The van der Waals surface area contributed by atoms with Crippen LogP contribution in [0.2, 0.25) is 0 Å². The minimum absolute atomic E-state index is 0.100. The number of carbonyl (C=O) groups is 1. The molecule has 0 radical (unpaired) electrons. The van der Waals surface area contributed by atoms with E-state index >= 15 is 0 Å². The van der Waals surface area contributed by atoms with E-state index in [0.717, 1.165) is 41.4 Å². The third-order valence-corrected chi connectivity index (χ3v) is 5.85. The average Bonchev–Trinajstić information content (AvgIpc) is 3.35. The number of fused-ring (bicyclic) bond motifs is 2. The highest BCUT2D eigenvalue weighted by atomic mass is 32.2. The maximum Gasteiger partial charge on any atom is 0.277 e. The molecule has 1 aromatic carbocycles. The number of nitrogens with two attached hydrogens (primary N) is 1. The molecule has 0 fully saturated rings. The van der Waals surface area contributed by atoms with Gasteiger partial charge in [-0.05, 0) is 31.4 Å². The van der Waals surface area contributed by atoms with Crippen molar-refractivity contribution in [2.75, 3.05) is 24.9 Å². The van der Waals surface area contributed by atoms with E-state index in [0.29, 0.717) is 17.7 Å². The summed E-state index contributed by atoms with van der Waals surface area (Å²) in [6, 6.07) is 7.82. The number of nitrogens with one attached hydrogen (secondary N) is 2. The molecular formula is C21H26N7O2S+. The van der Waals surface area contributed by atoms with Gasteiger partial charge in [-0.2, -0.15) is 11.8 Å². The Kier molecular flexibility index (Phi) is 5.99. The molecule has 0 saturated carbocycles. The van der Waals surface area contributed by atoms with Crippen LogP contribution in [0.1, 0.15) is 23.2 Å². The zero-order valence-electron chi connectivity index (χ0n) is 17.8. The monoisotopic (exact) mass is 440 g/mol. The number of imidazole rings is 1. The van der Waals surface area contributed by atoms with Crippen LogP contribution < -0.4 is 20.4 Å². The fourth-order valence-corrected chi connectivity index (χ4v) is 4.13. The number of thioether (sulfide) groups is 1. The number of methoxy groups -OCH3 is 1. The van der Waals surface area contributed by atoms with E-state index in [-0.39, 0.29) is 17.4 Å². The lowest BCUT2D eigenvalue weighted by Gasteiger charge is -2.07. The van der Waals surface area contributed by atoms with Crippen LogP contribution in [-0.4, -0.2) is 44.5 Å². The number of amides is 1. The summed E-state index contributed by atoms with van der Waals surface area (Å²) < 4.78 is 9.87. The number of aromatic amines is 1. The predicted molar refractivity (Wildman–Crippen MR) is 122 cm³/mol. The van der Waals surface area contributed by atoms with E-state index in [2.05, 4.69) is 48.6 Å². The lowest BCUT2D eigenvalue weighted by Crippen LogP contribution is -2.42. The van der Waals surface area contributed by atoms with Gasteiger partial charge in [-0.25, -0.2) is 19.1 Å². The molecule has 162 valence electrons. The van der Waals surface area contributed by atoms with E-state index in [9.17, 15) is 4.79 Å². The molecule has 1 amide bonds. The van der Waals surface area contributed by atoms with Crippen molar-refractivity contribution >= 4 is 45.7 Å². The van der Waals surface area contributed by atoms with Crippen LogP contribution in [0, 0.1) is 0 Å². The molecule has 4 N–H and O–H groups in total. The van der Waals surface area contributed by atoms with E-state index in [1.807, 2.05) is 12.1 Å². The largest absolute Gasteiger partial charge is 0.497 e. The number of nitrogen functional groups attached to an aromatic ring is 1. The second-order valence-corrected chi connectivity index (χ2v) is 8.00. The van der Waals surface area contributed by atoms with Crippen LogP contribution >= 0.6 is 11.8 Å². The maximum atomic E-state index is 12.9. The summed E-state index contributed by atoms with van der Waals surface area (Å²) in [5, 5.41) is 2.98. The van der Waals surface area contributed by atoms with Gasteiger partial charge in [0.1, 0.15) is 17.8 Å². The Morgan fingerprint density at radius 2 is 2.19 bits per heavy atom. The number of anilines is 1. The van der Waals surface area contributed by atoms with Crippen molar-refractivity contribution in [1.82, 2.24) is 24.8 Å². The summed E-state index contributed by atoms with van der Waals surface area (Å²) in [6.07, 6.45) is 3.80. The van der Waals surface area contributed by atoms with Crippen LogP contribution in [0.5, 0.6) is 5.75 Å². The van der Waals surface area contributed by atoms with Crippen molar-refractivity contribution in [3.05, 3.63) is 42.0 Å². The van der Waals surface area contributed by atoms with Gasteiger partial charge in [-0.1, -0.05) is 0 Å². The molecule has 0 atom stereocenters. The number of H-pyrrole nitrogens is 1. The Morgan fingerprint density at radius 3 is 2.94 bits per heavy atom. The molecule has 3 heterocycles. The zero-order valence-corrected chi connectivity index (χ0v) is 18.6. The number of hydrogen-bond donors (Lipinski definition) is 3. The van der Waals surface area contributed by atoms with Gasteiger partial charge in [0.25, 0.3) is 11.7 Å². The molecule has 4 rings (SSSR count). The minimum Gasteiger partial charge on any atom is -0.497 e. The zero-order chi connectivity index (χ0) is 22.0. The Balaban J connectivity index is 1.69. The average molecular weight is 441 g/mol. The molecule has 3 aromatic heterocycles. The standard InChI is InChI=1S/C21H25N7O2S/c1-4-27-16-11-13(30-2)5-6-15(16)28(9-10-31-3)17(27)12-24-21(29)18-19(22)26-20-14(25-18)7-8-23-20/h5-8,11H,4,9-10,12H2,1-3H3,(H3-,22,23,24,25,26,29)/p+1. The van der Waals surface area contributed by atoms with E-state index in [1.165, 1.54) is 0 Å². The second kappa shape index (κ2) is 8.84. The highest BCUT2D eigenvalue weighted by Crippen LogP contribution is 2.21. The number of rotatable bonds is 8. The Labute approximate surface area is 184 Å². The molecule has 31 heavy (non-hydrogen) atoms. The minimum atomic E-state index is -0.352. The summed E-state index contributed by atoms with van der Waals surface area (Å²) >= 11 is 1.78. The lowest BCUT2D eigenvalue weighted by molar-refractivity contribution is -0.675. The fourth-order valence-electron chi connectivity index (χ4n) is 3.77. The van der Waals surface area contributed by atoms with Crippen LogP contribution in [0.25, 0.3) is 22.2 Å². The predicted octanol–water partition coefficient (Wildman–Crippen LogP) is 2.10. The van der Waals surface area contributed by atoms with E-state index in [4.69, 9.17) is 10.5 Å². The quantitative estimate of drug-likeness (QED) is 0.362. The van der Waals surface area contributed by atoms with Gasteiger partial charge in [-0.3, -0.25) is 4.79 Å². The van der Waals surface area contributed by atoms with Crippen molar-refractivity contribution in [2.24, 2.45) is 0 Å². The third kappa shape index (κ3) is 3.90. The van der Waals surface area contributed by atoms with Crippen molar-refractivity contribution in [2.45, 2.75) is 26.6 Å². The van der Waals surface area contributed by atoms with Crippen LogP contribution in [0.15, 0.2) is 30.5 Å². The summed E-state index contributed by atoms with van der Waals surface area (Å²) in [7, 11) is 1.66. The van der Waals surface area contributed by atoms with Crippen LogP contribution in [0.3, 0.4) is 0 Å². The topological polar surface area (TPSA) is 115 Å². The van der Waals surface area contributed by atoms with Crippen molar-refractivity contribution in [3.63, 3.8) is 0 Å².